The first-order valence-electron chi connectivity index (χ1n) is 6.28. The molecular weight excluding hydrogens is 327 g/mol. The van der Waals surface area contributed by atoms with Crippen molar-refractivity contribution in [1.29, 1.82) is 0 Å². The number of pyridine rings is 1. The van der Waals surface area contributed by atoms with Gasteiger partial charge in [0.15, 0.2) is 0 Å². The SMILES string of the molecule is CCOC(=O)c1cccc(Cl)c1.NC(=O)c1cccnc1Cl. The van der Waals surface area contributed by atoms with Crippen LogP contribution in [0.25, 0.3) is 0 Å². The number of rotatable bonds is 3. The van der Waals surface area contributed by atoms with Crippen molar-refractivity contribution < 1.29 is 14.3 Å². The highest BCUT2D eigenvalue weighted by molar-refractivity contribution is 6.32. The monoisotopic (exact) mass is 340 g/mol. The van der Waals surface area contributed by atoms with Crippen molar-refractivity contribution in [2.45, 2.75) is 6.92 Å². The molecule has 0 spiro atoms. The van der Waals surface area contributed by atoms with Crippen LogP contribution in [0, 0.1) is 0 Å². The lowest BCUT2D eigenvalue weighted by atomic mass is 10.2. The molecule has 1 aromatic heterocycles. The van der Waals surface area contributed by atoms with E-state index < -0.39 is 5.91 Å². The highest BCUT2D eigenvalue weighted by Gasteiger charge is 2.05. The van der Waals surface area contributed by atoms with Crippen molar-refractivity contribution in [3.63, 3.8) is 0 Å². The topological polar surface area (TPSA) is 82.3 Å². The molecule has 116 valence electrons. The molecule has 0 aliphatic carbocycles. The van der Waals surface area contributed by atoms with Crippen LogP contribution >= 0.6 is 23.2 Å². The summed E-state index contributed by atoms with van der Waals surface area (Å²) < 4.78 is 4.79. The average molecular weight is 341 g/mol. The van der Waals surface area contributed by atoms with Gasteiger partial charge in [0, 0.05) is 11.2 Å². The molecule has 0 saturated carbocycles. The maximum atomic E-state index is 11.1. The number of hydrogen-bond acceptors (Lipinski definition) is 4. The van der Waals surface area contributed by atoms with Gasteiger partial charge in [0.25, 0.3) is 5.91 Å². The normalized spacial score (nSPS) is 9.41. The Morgan fingerprint density at radius 3 is 2.45 bits per heavy atom. The first kappa shape index (κ1) is 17.9. The molecule has 7 heteroatoms. The number of benzene rings is 1. The summed E-state index contributed by atoms with van der Waals surface area (Å²) in [5, 5.41) is 0.690. The highest BCUT2D eigenvalue weighted by atomic mass is 35.5. The van der Waals surface area contributed by atoms with E-state index in [0.717, 1.165) is 0 Å². The smallest absolute Gasteiger partial charge is 0.338 e. The number of primary amides is 1. The Morgan fingerprint density at radius 2 is 1.95 bits per heavy atom. The number of aromatic nitrogens is 1. The Kier molecular flexibility index (Phi) is 7.36. The third-order valence-electron chi connectivity index (χ3n) is 2.36. The number of amides is 1. The van der Waals surface area contributed by atoms with Crippen LogP contribution in [0.1, 0.15) is 27.6 Å². The summed E-state index contributed by atoms with van der Waals surface area (Å²) in [6, 6.07) is 9.81. The molecule has 2 aromatic rings. The van der Waals surface area contributed by atoms with Crippen molar-refractivity contribution in [1.82, 2.24) is 4.98 Å². The second-order valence-electron chi connectivity index (χ2n) is 3.94. The Hall–Kier alpha value is -2.11. The van der Waals surface area contributed by atoms with Crippen LogP contribution in [-0.2, 0) is 4.74 Å². The summed E-state index contributed by atoms with van der Waals surface area (Å²) in [7, 11) is 0. The first-order chi connectivity index (χ1) is 10.5. The van der Waals surface area contributed by atoms with E-state index in [1.54, 1.807) is 37.3 Å². The third-order valence-corrected chi connectivity index (χ3v) is 2.90. The van der Waals surface area contributed by atoms with E-state index in [4.69, 9.17) is 33.7 Å². The van der Waals surface area contributed by atoms with Crippen molar-refractivity contribution in [2.24, 2.45) is 5.73 Å². The van der Waals surface area contributed by atoms with Crippen molar-refractivity contribution in [2.75, 3.05) is 6.61 Å². The molecule has 0 unspecified atom stereocenters. The molecule has 0 aliphatic rings. The van der Waals surface area contributed by atoms with E-state index in [-0.39, 0.29) is 16.7 Å². The number of esters is 1. The van der Waals surface area contributed by atoms with Crippen LogP contribution in [-0.4, -0.2) is 23.5 Å². The number of ether oxygens (including phenoxy) is 1. The second kappa shape index (κ2) is 9.02. The number of nitrogens with zero attached hydrogens (tertiary/aromatic N) is 1. The van der Waals surface area contributed by atoms with Gasteiger partial charge in [-0.1, -0.05) is 29.3 Å². The van der Waals surface area contributed by atoms with Gasteiger partial charge in [0.05, 0.1) is 17.7 Å². The summed E-state index contributed by atoms with van der Waals surface area (Å²) >= 11 is 11.2. The molecule has 5 nitrogen and oxygen atoms in total. The van der Waals surface area contributed by atoms with Crippen molar-refractivity contribution in [3.8, 4) is 0 Å². The summed E-state index contributed by atoms with van der Waals surface area (Å²) in [6.07, 6.45) is 1.49. The summed E-state index contributed by atoms with van der Waals surface area (Å²) in [5.41, 5.74) is 5.70. The number of carbonyl (C=O) groups excluding carboxylic acids is 2. The fourth-order valence-electron chi connectivity index (χ4n) is 1.40. The maximum Gasteiger partial charge on any atom is 0.338 e. The van der Waals surface area contributed by atoms with E-state index in [1.807, 2.05) is 0 Å². The van der Waals surface area contributed by atoms with E-state index in [1.165, 1.54) is 12.3 Å². The molecule has 0 fully saturated rings. The van der Waals surface area contributed by atoms with Crippen LogP contribution in [0.15, 0.2) is 42.6 Å². The predicted octanol–water partition coefficient (Wildman–Crippen LogP) is 3.35. The highest BCUT2D eigenvalue weighted by Crippen LogP contribution is 2.11. The lowest BCUT2D eigenvalue weighted by molar-refractivity contribution is 0.0526. The zero-order valence-corrected chi connectivity index (χ0v) is 13.3. The molecule has 2 rings (SSSR count). The minimum Gasteiger partial charge on any atom is -0.462 e. The lowest BCUT2D eigenvalue weighted by Gasteiger charge is -2.00. The Bertz CT molecular complexity index is 663. The van der Waals surface area contributed by atoms with Gasteiger partial charge in [0.1, 0.15) is 5.15 Å². The molecule has 0 saturated heterocycles. The molecule has 22 heavy (non-hydrogen) atoms. The number of hydrogen-bond donors (Lipinski definition) is 1. The molecule has 1 heterocycles. The van der Waals surface area contributed by atoms with Gasteiger partial charge < -0.3 is 10.5 Å². The Labute approximate surface area is 138 Å². The molecule has 0 aliphatic heterocycles. The number of nitrogens with two attached hydrogens (primary N) is 1. The largest absolute Gasteiger partial charge is 0.462 e. The lowest BCUT2D eigenvalue weighted by Crippen LogP contribution is -2.11. The van der Waals surface area contributed by atoms with E-state index in [2.05, 4.69) is 4.98 Å². The summed E-state index contributed by atoms with van der Waals surface area (Å²) in [5.74, 6) is -0.891. The Balaban J connectivity index is 0.000000224. The van der Waals surface area contributed by atoms with Gasteiger partial charge in [-0.15, -0.1) is 0 Å². The van der Waals surface area contributed by atoms with Gasteiger partial charge in [-0.25, -0.2) is 9.78 Å². The molecular formula is C15H14Cl2N2O3. The number of carbonyl (C=O) groups is 2. The zero-order chi connectivity index (χ0) is 16.5. The molecule has 0 radical (unpaired) electrons. The van der Waals surface area contributed by atoms with E-state index in [0.29, 0.717) is 17.2 Å². The fourth-order valence-corrected chi connectivity index (χ4v) is 1.80. The Morgan fingerprint density at radius 1 is 1.23 bits per heavy atom. The minimum atomic E-state index is -0.557. The zero-order valence-electron chi connectivity index (χ0n) is 11.8. The van der Waals surface area contributed by atoms with Crippen LogP contribution in [0.2, 0.25) is 10.2 Å². The van der Waals surface area contributed by atoms with Crippen LogP contribution in [0.4, 0.5) is 0 Å². The quantitative estimate of drug-likeness (QED) is 0.686. The van der Waals surface area contributed by atoms with Crippen LogP contribution in [0.3, 0.4) is 0 Å². The summed E-state index contributed by atoms with van der Waals surface area (Å²) in [6.45, 7) is 2.15. The standard InChI is InChI=1S/C9H9ClO2.C6H5ClN2O/c1-2-12-9(11)7-4-3-5-8(10)6-7;7-5-4(6(8)10)2-1-3-9-5/h3-6H,2H2,1H3;1-3H,(H2,8,10). The summed E-state index contributed by atoms with van der Waals surface area (Å²) in [4.78, 5) is 25.3. The van der Waals surface area contributed by atoms with Gasteiger partial charge >= 0.3 is 5.97 Å². The van der Waals surface area contributed by atoms with Crippen molar-refractivity contribution >= 4 is 35.1 Å². The van der Waals surface area contributed by atoms with Gasteiger partial charge in [0.2, 0.25) is 0 Å². The molecule has 0 atom stereocenters. The van der Waals surface area contributed by atoms with Gasteiger partial charge in [-0.2, -0.15) is 0 Å². The third kappa shape index (κ3) is 5.71. The molecule has 1 aromatic carbocycles. The van der Waals surface area contributed by atoms with Crippen LogP contribution < -0.4 is 5.73 Å². The molecule has 1 amide bonds. The fraction of sp³-hybridized carbons (Fsp3) is 0.133. The van der Waals surface area contributed by atoms with Gasteiger partial charge in [-0.05, 0) is 37.3 Å². The second-order valence-corrected chi connectivity index (χ2v) is 4.73. The predicted molar refractivity (Wildman–Crippen MR) is 85.2 cm³/mol. The maximum absolute atomic E-state index is 11.1. The first-order valence-corrected chi connectivity index (χ1v) is 7.04. The van der Waals surface area contributed by atoms with Crippen molar-refractivity contribution in [3.05, 3.63) is 63.9 Å². The van der Waals surface area contributed by atoms with E-state index in [9.17, 15) is 9.59 Å². The van der Waals surface area contributed by atoms with E-state index >= 15 is 0 Å². The van der Waals surface area contributed by atoms with Crippen LogP contribution in [0.5, 0.6) is 0 Å². The average Bonchev–Trinajstić information content (AvgIpc) is 2.48. The molecule has 0 bridgehead atoms. The van der Waals surface area contributed by atoms with Gasteiger partial charge in [-0.3, -0.25) is 4.79 Å². The minimum absolute atomic E-state index is 0.148. The number of halogens is 2. The molecule has 2 N–H and O–H groups in total.